The first-order chi connectivity index (χ1) is 14.0. The number of hydrogen-bond donors (Lipinski definition) is 3. The lowest BCUT2D eigenvalue weighted by Crippen LogP contribution is -2.39. The molecule has 2 heterocycles. The highest BCUT2D eigenvalue weighted by atomic mass is 19.1. The maximum atomic E-state index is 13.6. The Kier molecular flexibility index (Phi) is 6.64. The number of nitrogens with zero attached hydrogens (tertiary/aromatic N) is 3. The average Bonchev–Trinajstić information content (AvgIpc) is 3.38. The number of rotatable bonds is 8. The predicted molar refractivity (Wildman–Crippen MR) is 111 cm³/mol. The van der Waals surface area contributed by atoms with E-state index in [-0.39, 0.29) is 11.2 Å². The summed E-state index contributed by atoms with van der Waals surface area (Å²) in [7, 11) is 0. The van der Waals surface area contributed by atoms with Crippen LogP contribution in [0.15, 0.2) is 52.1 Å². The van der Waals surface area contributed by atoms with Gasteiger partial charge in [-0.2, -0.15) is 5.10 Å². The van der Waals surface area contributed by atoms with Crippen LogP contribution >= 0.6 is 0 Å². The molecule has 0 amide bonds. The van der Waals surface area contributed by atoms with Crippen LogP contribution in [0.5, 0.6) is 0 Å². The molecule has 7 nitrogen and oxygen atoms in total. The molecule has 154 valence electrons. The number of hydrogen-bond acceptors (Lipinski definition) is 4. The molecule has 0 bridgehead atoms. The largest absolute Gasteiger partial charge is 0.461 e. The second-order valence-corrected chi connectivity index (χ2v) is 7.35. The van der Waals surface area contributed by atoms with Crippen molar-refractivity contribution in [1.82, 2.24) is 25.8 Å². The molecule has 2 aromatic heterocycles. The molecule has 0 atom stereocenters. The van der Waals surface area contributed by atoms with Crippen molar-refractivity contribution in [1.29, 1.82) is 0 Å². The number of aliphatic imine (C=N–C) groups is 1. The van der Waals surface area contributed by atoms with E-state index in [1.807, 2.05) is 19.1 Å². The summed E-state index contributed by atoms with van der Waals surface area (Å²) in [5.74, 6) is 2.42. The van der Waals surface area contributed by atoms with E-state index in [0.29, 0.717) is 37.1 Å². The number of aromatic nitrogens is 3. The van der Waals surface area contributed by atoms with E-state index in [1.54, 1.807) is 24.5 Å². The smallest absolute Gasteiger partial charge is 0.216 e. The second-order valence-electron chi connectivity index (χ2n) is 7.35. The molecule has 0 saturated carbocycles. The number of nitrogens with one attached hydrogen (secondary N) is 3. The first kappa shape index (κ1) is 20.6. The van der Waals surface area contributed by atoms with Gasteiger partial charge in [0.05, 0.1) is 12.8 Å². The molecule has 29 heavy (non-hydrogen) atoms. The molecule has 0 aliphatic carbocycles. The molecule has 8 heteroatoms. The lowest BCUT2D eigenvalue weighted by Gasteiger charge is -2.24. The maximum Gasteiger partial charge on any atom is 0.216 e. The summed E-state index contributed by atoms with van der Waals surface area (Å²) in [6.45, 7) is 8.03. The SMILES string of the molecule is CCNC(=NCC(C)(C)c1cccc(F)c1)NCCc1nc(-c2ccco2)n[nH]1. The standard InChI is InChI=1S/C21H27FN6O/c1-4-23-20(25-14-21(2,3)15-7-5-8-16(22)13-15)24-11-10-18-26-19(28-27-18)17-9-6-12-29-17/h5-9,12-13H,4,10-11,14H2,1-3H3,(H2,23,24,25)(H,26,27,28). The second kappa shape index (κ2) is 9.36. The van der Waals surface area contributed by atoms with Crippen molar-refractivity contribution in [2.75, 3.05) is 19.6 Å². The zero-order chi connectivity index (χ0) is 20.7. The van der Waals surface area contributed by atoms with E-state index in [0.717, 1.165) is 17.9 Å². The number of benzene rings is 1. The van der Waals surface area contributed by atoms with Crippen molar-refractivity contribution in [3.63, 3.8) is 0 Å². The van der Waals surface area contributed by atoms with Crippen molar-refractivity contribution in [2.24, 2.45) is 4.99 Å². The first-order valence-electron chi connectivity index (χ1n) is 9.71. The highest BCUT2D eigenvalue weighted by Gasteiger charge is 2.21. The van der Waals surface area contributed by atoms with Crippen LogP contribution in [0.1, 0.15) is 32.2 Å². The quantitative estimate of drug-likeness (QED) is 0.400. The van der Waals surface area contributed by atoms with Gasteiger partial charge in [0.1, 0.15) is 11.6 Å². The molecule has 0 aliphatic heterocycles. The fourth-order valence-electron chi connectivity index (χ4n) is 2.84. The van der Waals surface area contributed by atoms with Gasteiger partial charge in [-0.25, -0.2) is 9.37 Å². The molecule has 3 rings (SSSR count). The molecular weight excluding hydrogens is 371 g/mol. The van der Waals surface area contributed by atoms with Crippen molar-refractivity contribution < 1.29 is 8.81 Å². The van der Waals surface area contributed by atoms with E-state index in [1.165, 1.54) is 6.07 Å². The third-order valence-electron chi connectivity index (χ3n) is 4.51. The highest BCUT2D eigenvalue weighted by molar-refractivity contribution is 5.79. The Morgan fingerprint density at radius 3 is 2.83 bits per heavy atom. The van der Waals surface area contributed by atoms with Crippen molar-refractivity contribution in [2.45, 2.75) is 32.6 Å². The Hall–Kier alpha value is -3.16. The monoisotopic (exact) mass is 398 g/mol. The number of furan rings is 1. The third-order valence-corrected chi connectivity index (χ3v) is 4.51. The molecule has 3 aromatic rings. The molecule has 0 aliphatic rings. The third kappa shape index (κ3) is 5.66. The summed E-state index contributed by atoms with van der Waals surface area (Å²) in [5.41, 5.74) is 0.636. The topological polar surface area (TPSA) is 91.1 Å². The Labute approximate surface area is 169 Å². The van der Waals surface area contributed by atoms with E-state index < -0.39 is 0 Å². The number of aromatic amines is 1. The van der Waals surface area contributed by atoms with Gasteiger partial charge in [-0.15, -0.1) is 0 Å². The lowest BCUT2D eigenvalue weighted by molar-refractivity contribution is 0.529. The maximum absolute atomic E-state index is 13.6. The van der Waals surface area contributed by atoms with E-state index in [2.05, 4.69) is 44.7 Å². The van der Waals surface area contributed by atoms with Crippen molar-refractivity contribution >= 4 is 5.96 Å². The fraction of sp³-hybridized carbons (Fsp3) is 0.381. The molecule has 3 N–H and O–H groups in total. The Balaban J connectivity index is 1.57. The zero-order valence-corrected chi connectivity index (χ0v) is 17.0. The number of halogens is 1. The van der Waals surface area contributed by atoms with Gasteiger partial charge in [-0.1, -0.05) is 26.0 Å². The van der Waals surface area contributed by atoms with Crippen molar-refractivity contribution in [3.8, 4) is 11.6 Å². The van der Waals surface area contributed by atoms with Crippen LogP contribution in [-0.4, -0.2) is 40.8 Å². The van der Waals surface area contributed by atoms with E-state index in [9.17, 15) is 4.39 Å². The lowest BCUT2D eigenvalue weighted by atomic mass is 9.85. The number of guanidine groups is 1. The van der Waals surface area contributed by atoms with Gasteiger partial charge in [0.25, 0.3) is 0 Å². The summed E-state index contributed by atoms with van der Waals surface area (Å²) in [6.07, 6.45) is 2.25. The number of H-pyrrole nitrogens is 1. The fourth-order valence-corrected chi connectivity index (χ4v) is 2.84. The van der Waals surface area contributed by atoms with E-state index in [4.69, 9.17) is 4.42 Å². The highest BCUT2D eigenvalue weighted by Crippen LogP contribution is 2.24. The molecule has 0 radical (unpaired) electrons. The minimum atomic E-state index is -0.284. The van der Waals surface area contributed by atoms with Gasteiger partial charge in [0.15, 0.2) is 11.7 Å². The van der Waals surface area contributed by atoms with Crippen LogP contribution < -0.4 is 10.6 Å². The average molecular weight is 398 g/mol. The molecule has 0 spiro atoms. The predicted octanol–water partition coefficient (Wildman–Crippen LogP) is 3.28. The Morgan fingerprint density at radius 2 is 2.10 bits per heavy atom. The summed E-state index contributed by atoms with van der Waals surface area (Å²) in [5, 5.41) is 13.6. The first-order valence-corrected chi connectivity index (χ1v) is 9.71. The normalized spacial score (nSPS) is 12.2. The van der Waals surface area contributed by atoms with Crippen LogP contribution in [0.25, 0.3) is 11.6 Å². The molecule has 0 fully saturated rings. The minimum absolute atomic E-state index is 0.231. The molecular formula is C21H27FN6O. The summed E-state index contributed by atoms with van der Waals surface area (Å²) in [4.78, 5) is 9.11. The zero-order valence-electron chi connectivity index (χ0n) is 17.0. The Morgan fingerprint density at radius 1 is 1.24 bits per heavy atom. The van der Waals surface area contributed by atoms with Crippen LogP contribution in [0.2, 0.25) is 0 Å². The minimum Gasteiger partial charge on any atom is -0.461 e. The Bertz CT molecular complexity index is 932. The summed E-state index contributed by atoms with van der Waals surface area (Å²) in [6, 6.07) is 10.3. The van der Waals surface area contributed by atoms with Gasteiger partial charge in [0, 0.05) is 24.9 Å². The van der Waals surface area contributed by atoms with E-state index >= 15 is 0 Å². The van der Waals surface area contributed by atoms with Crippen molar-refractivity contribution in [3.05, 3.63) is 59.9 Å². The van der Waals surface area contributed by atoms with Crippen LogP contribution in [0.3, 0.4) is 0 Å². The van der Waals surface area contributed by atoms with Gasteiger partial charge in [-0.05, 0) is 36.8 Å². The molecule has 1 aromatic carbocycles. The molecule has 0 saturated heterocycles. The van der Waals surface area contributed by atoms with Gasteiger partial charge in [0.2, 0.25) is 5.82 Å². The van der Waals surface area contributed by atoms with Crippen LogP contribution in [-0.2, 0) is 11.8 Å². The van der Waals surface area contributed by atoms with Gasteiger partial charge < -0.3 is 15.1 Å². The summed E-state index contributed by atoms with van der Waals surface area (Å²) < 4.78 is 18.9. The van der Waals surface area contributed by atoms with Gasteiger partial charge >= 0.3 is 0 Å². The van der Waals surface area contributed by atoms with Crippen LogP contribution in [0.4, 0.5) is 4.39 Å². The summed E-state index contributed by atoms with van der Waals surface area (Å²) >= 11 is 0. The van der Waals surface area contributed by atoms with Crippen LogP contribution in [0, 0.1) is 5.82 Å². The molecule has 0 unspecified atom stereocenters. The van der Waals surface area contributed by atoms with Gasteiger partial charge in [-0.3, -0.25) is 10.1 Å².